The summed E-state index contributed by atoms with van der Waals surface area (Å²) in [6, 6.07) is 15.9. The molecule has 0 saturated carbocycles. The lowest BCUT2D eigenvalue weighted by Crippen LogP contribution is -2.51. The number of rotatable bonds is 6. The average Bonchev–Trinajstić information content (AvgIpc) is 3.61. The molecule has 1 aliphatic rings. The number of aromatic nitrogens is 4. The minimum atomic E-state index is -0.737. The zero-order valence-corrected chi connectivity index (χ0v) is 35.5. The molecule has 3 aromatic heterocycles. The molecule has 4 heterocycles. The number of pyridine rings is 1. The summed E-state index contributed by atoms with van der Waals surface area (Å²) in [6.45, 7) is 21.6. The van der Waals surface area contributed by atoms with Gasteiger partial charge in [-0.3, -0.25) is 9.58 Å². The van der Waals surface area contributed by atoms with Crippen molar-refractivity contribution in [2.75, 3.05) is 18.0 Å². The lowest BCUT2D eigenvalue weighted by atomic mass is 10.00. The van der Waals surface area contributed by atoms with Crippen molar-refractivity contribution < 1.29 is 33.0 Å². The first-order chi connectivity index (χ1) is 27.1. The van der Waals surface area contributed by atoms with Crippen molar-refractivity contribution in [3.8, 4) is 22.3 Å². The molecular weight excluding hydrogens is 740 g/mol. The fourth-order valence-corrected chi connectivity index (χ4v) is 7.19. The molecule has 5 aromatic rings. The molecule has 0 unspecified atom stereocenters. The van der Waals surface area contributed by atoms with Crippen molar-refractivity contribution >= 4 is 35.0 Å². The van der Waals surface area contributed by atoms with Gasteiger partial charge in [-0.2, -0.15) is 5.10 Å². The highest BCUT2D eigenvalue weighted by Gasteiger charge is 2.35. The molecule has 6 rings (SSSR count). The maximum Gasteiger partial charge on any atom is 0.420 e. The monoisotopic (exact) mass is 794 g/mol. The standard InChI is InChI=1S/C45H55FN6O6/c1-28-38(29(2)51(48-28)26-30-13-12-14-33(46)23-30)37-27-50(41(54)57-44(6,7)8)39-36(37)24-32(25-47-39)31-15-17-34(18-16-31)52(42(55)58-45(9,10)11)35-19-21-49(22-20-35)40(53)56-43(3,4)5/h12-18,23-25,27,35H,19-22,26H2,1-11H3. The Bertz CT molecular complexity index is 2320. The van der Waals surface area contributed by atoms with E-state index >= 15 is 0 Å². The molecule has 0 aliphatic carbocycles. The number of halogens is 1. The molecule has 308 valence electrons. The predicted molar refractivity (Wildman–Crippen MR) is 223 cm³/mol. The van der Waals surface area contributed by atoms with Crippen LogP contribution in [0.4, 0.5) is 24.5 Å². The van der Waals surface area contributed by atoms with Crippen LogP contribution in [0.3, 0.4) is 0 Å². The predicted octanol–water partition coefficient (Wildman–Crippen LogP) is 10.3. The number of amides is 2. The van der Waals surface area contributed by atoms with Crippen molar-refractivity contribution in [1.29, 1.82) is 0 Å². The first-order valence-corrected chi connectivity index (χ1v) is 19.7. The van der Waals surface area contributed by atoms with Crippen molar-refractivity contribution in [2.45, 2.75) is 118 Å². The second kappa shape index (κ2) is 15.9. The molecule has 1 fully saturated rings. The number of hydrogen-bond donors (Lipinski definition) is 0. The van der Waals surface area contributed by atoms with Gasteiger partial charge in [0.05, 0.1) is 12.2 Å². The molecule has 58 heavy (non-hydrogen) atoms. The molecule has 1 saturated heterocycles. The normalized spacial score (nSPS) is 14.1. The molecule has 2 amide bonds. The number of piperidine rings is 1. The largest absolute Gasteiger partial charge is 0.444 e. The van der Waals surface area contributed by atoms with Gasteiger partial charge >= 0.3 is 18.3 Å². The lowest BCUT2D eigenvalue weighted by Gasteiger charge is -2.39. The summed E-state index contributed by atoms with van der Waals surface area (Å²) in [7, 11) is 0. The van der Waals surface area contributed by atoms with Crippen molar-refractivity contribution in [2.24, 2.45) is 0 Å². The maximum absolute atomic E-state index is 14.1. The van der Waals surface area contributed by atoms with Gasteiger partial charge in [0, 0.05) is 65.0 Å². The number of nitrogens with zero attached hydrogens (tertiary/aromatic N) is 6. The van der Waals surface area contributed by atoms with E-state index in [-0.39, 0.29) is 18.0 Å². The second-order valence-electron chi connectivity index (χ2n) is 17.9. The highest BCUT2D eigenvalue weighted by atomic mass is 19.1. The number of ether oxygens (including phenoxy) is 3. The third kappa shape index (κ3) is 9.69. The molecule has 12 nitrogen and oxygen atoms in total. The number of likely N-dealkylation sites (tertiary alicyclic amines) is 1. The summed E-state index contributed by atoms with van der Waals surface area (Å²) in [5.74, 6) is -0.315. The zero-order valence-electron chi connectivity index (χ0n) is 35.5. The number of hydrogen-bond acceptors (Lipinski definition) is 8. The van der Waals surface area contributed by atoms with Crippen LogP contribution in [0.15, 0.2) is 67.0 Å². The zero-order chi connectivity index (χ0) is 42.3. The highest BCUT2D eigenvalue weighted by Crippen LogP contribution is 2.37. The minimum absolute atomic E-state index is 0.208. The lowest BCUT2D eigenvalue weighted by molar-refractivity contribution is 0.0200. The van der Waals surface area contributed by atoms with E-state index in [0.717, 1.165) is 44.6 Å². The summed E-state index contributed by atoms with van der Waals surface area (Å²) in [6.07, 6.45) is 3.18. The number of aryl methyl sites for hydroxylation is 1. The number of fused-ring (bicyclic) bond motifs is 1. The first-order valence-electron chi connectivity index (χ1n) is 19.7. The first kappa shape index (κ1) is 41.9. The average molecular weight is 795 g/mol. The van der Waals surface area contributed by atoms with Crippen LogP contribution in [-0.4, -0.2) is 78.4 Å². The van der Waals surface area contributed by atoms with Gasteiger partial charge in [0.15, 0.2) is 0 Å². The van der Waals surface area contributed by atoms with E-state index in [1.807, 2.05) is 117 Å². The van der Waals surface area contributed by atoms with Gasteiger partial charge in [-0.1, -0.05) is 24.3 Å². The molecule has 13 heteroatoms. The molecule has 0 N–H and O–H groups in total. The second-order valence-corrected chi connectivity index (χ2v) is 17.9. The van der Waals surface area contributed by atoms with E-state index in [4.69, 9.17) is 24.3 Å². The van der Waals surface area contributed by atoms with E-state index in [1.165, 1.54) is 16.7 Å². The molecule has 0 radical (unpaired) electrons. The topological polar surface area (TPSA) is 121 Å². The Balaban J connectivity index is 1.35. The quantitative estimate of drug-likeness (QED) is 0.156. The number of carbonyl (C=O) groups is 3. The minimum Gasteiger partial charge on any atom is -0.444 e. The highest BCUT2D eigenvalue weighted by molar-refractivity contribution is 6.01. The summed E-state index contributed by atoms with van der Waals surface area (Å²) in [5, 5.41) is 5.54. The third-order valence-corrected chi connectivity index (χ3v) is 9.66. The van der Waals surface area contributed by atoms with Gasteiger partial charge in [-0.05, 0) is 130 Å². The summed E-state index contributed by atoms with van der Waals surface area (Å²) in [5.41, 5.74) is 4.62. The fraction of sp³-hybridized carbons (Fsp3) is 0.444. The molecular formula is C45H55FN6O6. The van der Waals surface area contributed by atoms with E-state index < -0.39 is 29.0 Å². The van der Waals surface area contributed by atoms with Gasteiger partial charge in [0.25, 0.3) is 0 Å². The van der Waals surface area contributed by atoms with Crippen LogP contribution < -0.4 is 4.90 Å². The van der Waals surface area contributed by atoms with Gasteiger partial charge in [-0.15, -0.1) is 0 Å². The Labute approximate surface area is 339 Å². The van der Waals surface area contributed by atoms with E-state index in [1.54, 1.807) is 28.3 Å². The maximum atomic E-state index is 14.1. The Morgan fingerprint density at radius 3 is 2.03 bits per heavy atom. The molecule has 0 bridgehead atoms. The SMILES string of the molecule is Cc1nn(Cc2cccc(F)c2)c(C)c1-c1cn(C(=O)OC(C)(C)C)c2ncc(-c3ccc(N(C(=O)OC(C)(C)C)C4CCN(C(=O)OC(C)(C)C)CC4)cc3)cc12. The summed E-state index contributed by atoms with van der Waals surface area (Å²) >= 11 is 0. The van der Waals surface area contributed by atoms with Gasteiger partial charge in [0.2, 0.25) is 0 Å². The van der Waals surface area contributed by atoms with Crippen LogP contribution in [0.5, 0.6) is 0 Å². The fourth-order valence-electron chi connectivity index (χ4n) is 7.19. The number of benzene rings is 2. The van der Waals surface area contributed by atoms with Gasteiger partial charge < -0.3 is 19.1 Å². The van der Waals surface area contributed by atoms with Crippen molar-refractivity contribution in [3.63, 3.8) is 0 Å². The van der Waals surface area contributed by atoms with Gasteiger partial charge in [-0.25, -0.2) is 28.3 Å². The molecule has 0 atom stereocenters. The van der Waals surface area contributed by atoms with Crippen LogP contribution in [0.2, 0.25) is 0 Å². The third-order valence-electron chi connectivity index (χ3n) is 9.66. The van der Waals surface area contributed by atoms with Gasteiger partial charge in [0.1, 0.15) is 28.3 Å². The Kier molecular flexibility index (Phi) is 11.5. The Morgan fingerprint density at radius 2 is 1.43 bits per heavy atom. The Morgan fingerprint density at radius 1 is 0.810 bits per heavy atom. The van der Waals surface area contributed by atoms with Crippen molar-refractivity contribution in [1.82, 2.24) is 24.2 Å². The number of anilines is 1. The van der Waals surface area contributed by atoms with E-state index in [9.17, 15) is 18.8 Å². The van der Waals surface area contributed by atoms with E-state index in [0.29, 0.717) is 43.8 Å². The summed E-state index contributed by atoms with van der Waals surface area (Å²) < 4.78 is 34.6. The summed E-state index contributed by atoms with van der Waals surface area (Å²) in [4.78, 5) is 48.3. The van der Waals surface area contributed by atoms with Crippen LogP contribution in [0, 0.1) is 19.7 Å². The van der Waals surface area contributed by atoms with E-state index in [2.05, 4.69) is 0 Å². The molecule has 1 aliphatic heterocycles. The van der Waals surface area contributed by atoms with Crippen LogP contribution in [0.1, 0.15) is 92.1 Å². The van der Waals surface area contributed by atoms with Crippen LogP contribution in [-0.2, 0) is 20.8 Å². The van der Waals surface area contributed by atoms with Crippen LogP contribution in [0.25, 0.3) is 33.3 Å². The molecule has 2 aromatic carbocycles. The van der Waals surface area contributed by atoms with Crippen LogP contribution >= 0.6 is 0 Å². The number of carbonyl (C=O) groups excluding carboxylic acids is 3. The Hall–Kier alpha value is -5.72. The van der Waals surface area contributed by atoms with Crippen molar-refractivity contribution in [3.05, 3.63) is 89.8 Å². The molecule has 0 spiro atoms. The smallest absolute Gasteiger partial charge is 0.420 e.